The number of phenolic OH excluding ortho intramolecular Hbond substituents is 1. The van der Waals surface area contributed by atoms with Crippen LogP contribution in [0.25, 0.3) is 0 Å². The number of aliphatic hydroxyl groups is 1. The zero-order valence-corrected chi connectivity index (χ0v) is 9.17. The number of morpholine rings is 1. The highest BCUT2D eigenvalue weighted by Crippen LogP contribution is 2.14. The molecule has 4 nitrogen and oxygen atoms in total. The monoisotopic (exact) mass is 223 g/mol. The van der Waals surface area contributed by atoms with Crippen molar-refractivity contribution in [3.8, 4) is 5.75 Å². The second-order valence-corrected chi connectivity index (χ2v) is 4.08. The minimum Gasteiger partial charge on any atom is -0.508 e. The van der Waals surface area contributed by atoms with Crippen LogP contribution in [0.1, 0.15) is 5.56 Å². The molecule has 1 unspecified atom stereocenters. The Kier molecular flexibility index (Phi) is 3.77. The summed E-state index contributed by atoms with van der Waals surface area (Å²) in [5.74, 6) is 0.296. The molecule has 0 radical (unpaired) electrons. The molecule has 0 spiro atoms. The molecule has 2 N–H and O–H groups in total. The number of ether oxygens (including phenoxy) is 1. The summed E-state index contributed by atoms with van der Waals surface area (Å²) in [5, 5.41) is 18.4. The number of benzene rings is 1. The lowest BCUT2D eigenvalue weighted by atomic mass is 10.2. The van der Waals surface area contributed by atoms with E-state index in [4.69, 9.17) is 9.84 Å². The molecule has 1 aliphatic heterocycles. The molecule has 0 aromatic heterocycles. The number of phenols is 1. The van der Waals surface area contributed by atoms with Crippen LogP contribution in [0.5, 0.6) is 5.75 Å². The lowest BCUT2D eigenvalue weighted by Gasteiger charge is -2.31. The molecule has 1 aromatic carbocycles. The van der Waals surface area contributed by atoms with E-state index >= 15 is 0 Å². The van der Waals surface area contributed by atoms with E-state index in [-0.39, 0.29) is 12.7 Å². The third kappa shape index (κ3) is 2.95. The van der Waals surface area contributed by atoms with Gasteiger partial charge in [-0.1, -0.05) is 12.1 Å². The summed E-state index contributed by atoms with van der Waals surface area (Å²) >= 11 is 0. The van der Waals surface area contributed by atoms with Gasteiger partial charge in [-0.15, -0.1) is 0 Å². The number of aromatic hydroxyl groups is 1. The van der Waals surface area contributed by atoms with Crippen LogP contribution >= 0.6 is 0 Å². The van der Waals surface area contributed by atoms with Gasteiger partial charge in [-0.2, -0.15) is 0 Å². The van der Waals surface area contributed by atoms with Gasteiger partial charge in [-0.05, 0) is 17.7 Å². The Labute approximate surface area is 95.1 Å². The Morgan fingerprint density at radius 3 is 3.06 bits per heavy atom. The lowest BCUT2D eigenvalue weighted by Crippen LogP contribution is -2.43. The Morgan fingerprint density at radius 2 is 2.31 bits per heavy atom. The van der Waals surface area contributed by atoms with Gasteiger partial charge in [-0.3, -0.25) is 4.90 Å². The van der Waals surface area contributed by atoms with Crippen molar-refractivity contribution >= 4 is 0 Å². The predicted molar refractivity (Wildman–Crippen MR) is 60.2 cm³/mol. The van der Waals surface area contributed by atoms with Gasteiger partial charge in [0.2, 0.25) is 0 Å². The van der Waals surface area contributed by atoms with Crippen molar-refractivity contribution in [3.63, 3.8) is 0 Å². The van der Waals surface area contributed by atoms with Gasteiger partial charge in [0.05, 0.1) is 19.3 Å². The highest BCUT2D eigenvalue weighted by molar-refractivity contribution is 5.27. The number of aliphatic hydroxyl groups excluding tert-OH is 1. The van der Waals surface area contributed by atoms with Crippen LogP contribution in [0.15, 0.2) is 24.3 Å². The van der Waals surface area contributed by atoms with Crippen molar-refractivity contribution in [3.05, 3.63) is 29.8 Å². The fraction of sp³-hybridized carbons (Fsp3) is 0.500. The minimum absolute atomic E-state index is 0.0660. The summed E-state index contributed by atoms with van der Waals surface area (Å²) in [6, 6.07) is 7.26. The molecule has 1 fully saturated rings. The average Bonchev–Trinajstić information content (AvgIpc) is 2.29. The predicted octanol–water partition coefficient (Wildman–Crippen LogP) is 0.585. The molecule has 2 rings (SSSR count). The third-order valence-electron chi connectivity index (χ3n) is 2.74. The largest absolute Gasteiger partial charge is 0.508 e. The van der Waals surface area contributed by atoms with E-state index in [1.54, 1.807) is 12.1 Å². The second kappa shape index (κ2) is 5.30. The molecule has 1 aliphatic rings. The molecule has 1 aromatic rings. The summed E-state index contributed by atoms with van der Waals surface area (Å²) in [6.45, 7) is 3.12. The van der Waals surface area contributed by atoms with E-state index in [1.807, 2.05) is 12.1 Å². The highest BCUT2D eigenvalue weighted by atomic mass is 16.5. The van der Waals surface area contributed by atoms with E-state index in [0.29, 0.717) is 12.4 Å². The standard InChI is InChI=1S/C12H17NO3/c14-9-12-8-13(4-5-16-12)7-10-2-1-3-11(15)6-10/h1-3,6,12,14-15H,4-5,7-9H2. The molecule has 0 amide bonds. The number of hydrogen-bond donors (Lipinski definition) is 2. The zero-order valence-electron chi connectivity index (χ0n) is 9.17. The van der Waals surface area contributed by atoms with E-state index in [0.717, 1.165) is 25.2 Å². The topological polar surface area (TPSA) is 52.9 Å². The summed E-state index contributed by atoms with van der Waals surface area (Å²) in [7, 11) is 0. The molecule has 1 heterocycles. The van der Waals surface area contributed by atoms with E-state index in [2.05, 4.69) is 4.90 Å². The van der Waals surface area contributed by atoms with Crippen LogP contribution < -0.4 is 0 Å². The third-order valence-corrected chi connectivity index (χ3v) is 2.74. The normalized spacial score (nSPS) is 22.2. The summed E-state index contributed by atoms with van der Waals surface area (Å²) in [5.41, 5.74) is 1.08. The van der Waals surface area contributed by atoms with Gasteiger partial charge in [0.15, 0.2) is 0 Å². The van der Waals surface area contributed by atoms with Crippen molar-refractivity contribution < 1.29 is 14.9 Å². The van der Waals surface area contributed by atoms with Gasteiger partial charge in [0, 0.05) is 19.6 Å². The molecular weight excluding hydrogens is 206 g/mol. The van der Waals surface area contributed by atoms with Crippen LogP contribution in [0, 0.1) is 0 Å². The van der Waals surface area contributed by atoms with Gasteiger partial charge in [-0.25, -0.2) is 0 Å². The first-order chi connectivity index (χ1) is 7.78. The van der Waals surface area contributed by atoms with Crippen molar-refractivity contribution in [2.45, 2.75) is 12.6 Å². The maximum absolute atomic E-state index is 9.36. The van der Waals surface area contributed by atoms with Crippen LogP contribution in [-0.2, 0) is 11.3 Å². The van der Waals surface area contributed by atoms with E-state index < -0.39 is 0 Å². The Bertz CT molecular complexity index is 343. The van der Waals surface area contributed by atoms with E-state index in [9.17, 15) is 5.11 Å². The van der Waals surface area contributed by atoms with E-state index in [1.165, 1.54) is 0 Å². The Balaban J connectivity index is 1.94. The maximum atomic E-state index is 9.36. The molecule has 1 saturated heterocycles. The maximum Gasteiger partial charge on any atom is 0.115 e. The van der Waals surface area contributed by atoms with Crippen molar-refractivity contribution in [1.82, 2.24) is 4.90 Å². The van der Waals surface area contributed by atoms with Gasteiger partial charge in [0.1, 0.15) is 5.75 Å². The summed E-state index contributed by atoms with van der Waals surface area (Å²) in [4.78, 5) is 2.22. The van der Waals surface area contributed by atoms with Crippen LogP contribution in [-0.4, -0.2) is 47.5 Å². The first-order valence-electron chi connectivity index (χ1n) is 5.50. The van der Waals surface area contributed by atoms with Gasteiger partial charge >= 0.3 is 0 Å². The Morgan fingerprint density at radius 1 is 1.44 bits per heavy atom. The van der Waals surface area contributed by atoms with Crippen molar-refractivity contribution in [2.75, 3.05) is 26.3 Å². The molecular formula is C12H17NO3. The smallest absolute Gasteiger partial charge is 0.115 e. The average molecular weight is 223 g/mol. The highest BCUT2D eigenvalue weighted by Gasteiger charge is 2.19. The van der Waals surface area contributed by atoms with Gasteiger partial charge < -0.3 is 14.9 Å². The molecule has 88 valence electrons. The summed E-state index contributed by atoms with van der Waals surface area (Å²) in [6.07, 6.45) is -0.0777. The SMILES string of the molecule is OCC1CN(Cc2cccc(O)c2)CCO1. The van der Waals surface area contributed by atoms with Gasteiger partial charge in [0.25, 0.3) is 0 Å². The van der Waals surface area contributed by atoms with Crippen LogP contribution in [0.2, 0.25) is 0 Å². The molecule has 0 aliphatic carbocycles. The Hall–Kier alpha value is -1.10. The number of hydrogen-bond acceptors (Lipinski definition) is 4. The molecule has 16 heavy (non-hydrogen) atoms. The fourth-order valence-electron chi connectivity index (χ4n) is 1.95. The van der Waals surface area contributed by atoms with Crippen LogP contribution in [0.3, 0.4) is 0 Å². The summed E-state index contributed by atoms with van der Waals surface area (Å²) < 4.78 is 5.38. The first kappa shape index (κ1) is 11.4. The number of rotatable bonds is 3. The lowest BCUT2D eigenvalue weighted by molar-refractivity contribution is -0.0551. The molecule has 0 bridgehead atoms. The van der Waals surface area contributed by atoms with Crippen molar-refractivity contribution in [2.24, 2.45) is 0 Å². The first-order valence-corrected chi connectivity index (χ1v) is 5.50. The minimum atomic E-state index is -0.0777. The molecule has 1 atom stereocenters. The van der Waals surface area contributed by atoms with Crippen molar-refractivity contribution in [1.29, 1.82) is 0 Å². The van der Waals surface area contributed by atoms with Crippen LogP contribution in [0.4, 0.5) is 0 Å². The molecule has 0 saturated carbocycles. The fourth-order valence-corrected chi connectivity index (χ4v) is 1.95. The number of nitrogens with zero attached hydrogens (tertiary/aromatic N) is 1. The quantitative estimate of drug-likeness (QED) is 0.787. The zero-order chi connectivity index (χ0) is 11.4. The molecule has 4 heteroatoms. The second-order valence-electron chi connectivity index (χ2n) is 4.08.